The Morgan fingerprint density at radius 1 is 1.25 bits per heavy atom. The van der Waals surface area contributed by atoms with Gasteiger partial charge in [0.1, 0.15) is 6.10 Å². The lowest BCUT2D eigenvalue weighted by Crippen LogP contribution is -2.33. The number of hydrogen-bond acceptors (Lipinski definition) is 5. The summed E-state index contributed by atoms with van der Waals surface area (Å²) in [4.78, 5) is 38.2. The van der Waals surface area contributed by atoms with E-state index in [4.69, 9.17) is 10.00 Å². The number of nitrogens with one attached hydrogen (secondary N) is 1. The predicted octanol–water partition coefficient (Wildman–Crippen LogP) is 3.62. The molecule has 1 fully saturated rings. The standard InChI is InChI=1S/C25H23N3O4/c1-16(29)27-14-22-15-28(25(31)32-22)21-8-9-23-19(12-21)6-3-7-20(24(23)30)11-17-4-2-5-18(10-17)13-26/h2,4-5,8-12,22H,3,6-7,14-15H2,1H3,(H,27,29)/b20-11-/t22-/m0/s1. The van der Waals surface area contributed by atoms with Gasteiger partial charge in [0.2, 0.25) is 5.91 Å². The zero-order valence-electron chi connectivity index (χ0n) is 17.8. The molecule has 0 unspecified atom stereocenters. The van der Waals surface area contributed by atoms with E-state index < -0.39 is 12.2 Å². The highest BCUT2D eigenvalue weighted by molar-refractivity contribution is 6.12. The third kappa shape index (κ3) is 4.54. The maximum Gasteiger partial charge on any atom is 0.414 e. The molecule has 1 aliphatic carbocycles. The topological polar surface area (TPSA) is 99.5 Å². The molecular weight excluding hydrogens is 406 g/mol. The lowest BCUT2D eigenvalue weighted by molar-refractivity contribution is -0.119. The Bertz CT molecular complexity index is 1160. The second-order valence-electron chi connectivity index (χ2n) is 7.98. The molecule has 1 N–H and O–H groups in total. The van der Waals surface area contributed by atoms with Crippen LogP contribution in [0.1, 0.15) is 46.8 Å². The van der Waals surface area contributed by atoms with Gasteiger partial charge in [-0.2, -0.15) is 5.26 Å². The van der Waals surface area contributed by atoms with E-state index in [1.54, 1.807) is 30.3 Å². The number of aryl methyl sites for hydroxylation is 1. The molecule has 0 aromatic heterocycles. The van der Waals surface area contributed by atoms with Gasteiger partial charge in [-0.05, 0) is 66.8 Å². The maximum atomic E-state index is 13.2. The van der Waals surface area contributed by atoms with Crippen LogP contribution in [0.15, 0.2) is 48.0 Å². The van der Waals surface area contributed by atoms with Crippen LogP contribution in [0.25, 0.3) is 6.08 Å². The first-order valence-electron chi connectivity index (χ1n) is 10.6. The van der Waals surface area contributed by atoms with Crippen molar-refractivity contribution in [2.24, 2.45) is 0 Å². The molecule has 162 valence electrons. The number of carbonyl (C=O) groups excluding carboxylic acids is 3. The summed E-state index contributed by atoms with van der Waals surface area (Å²) in [6.45, 7) is 2.02. The number of rotatable bonds is 4. The van der Waals surface area contributed by atoms with Gasteiger partial charge in [0, 0.05) is 23.7 Å². The number of ketones is 1. The van der Waals surface area contributed by atoms with E-state index in [2.05, 4.69) is 11.4 Å². The molecule has 1 atom stereocenters. The summed E-state index contributed by atoms with van der Waals surface area (Å²) in [7, 11) is 0. The van der Waals surface area contributed by atoms with Crippen LogP contribution in [-0.2, 0) is 16.0 Å². The number of anilines is 1. The van der Waals surface area contributed by atoms with Gasteiger partial charge in [-0.15, -0.1) is 0 Å². The van der Waals surface area contributed by atoms with Crippen LogP contribution < -0.4 is 10.2 Å². The smallest absolute Gasteiger partial charge is 0.414 e. The van der Waals surface area contributed by atoms with Gasteiger partial charge in [0.05, 0.1) is 24.7 Å². The van der Waals surface area contributed by atoms with Gasteiger partial charge in [0.15, 0.2) is 5.78 Å². The molecule has 0 spiro atoms. The van der Waals surface area contributed by atoms with E-state index in [9.17, 15) is 14.4 Å². The molecule has 0 bridgehead atoms. The fraction of sp³-hybridized carbons (Fsp3) is 0.280. The van der Waals surface area contributed by atoms with E-state index in [0.29, 0.717) is 35.4 Å². The molecule has 2 amide bonds. The fourth-order valence-corrected chi connectivity index (χ4v) is 4.07. The SMILES string of the molecule is CC(=O)NC[C@H]1CN(c2ccc3c(c2)CCC/C(=C/c2cccc(C#N)c2)C3=O)C(=O)O1. The van der Waals surface area contributed by atoms with Crippen molar-refractivity contribution in [3.05, 3.63) is 70.3 Å². The van der Waals surface area contributed by atoms with Crippen LogP contribution in [0, 0.1) is 11.3 Å². The molecular formula is C25H23N3O4. The van der Waals surface area contributed by atoms with Crippen molar-refractivity contribution in [1.82, 2.24) is 5.32 Å². The summed E-state index contributed by atoms with van der Waals surface area (Å²) in [6.07, 6.45) is 3.16. The normalized spacial score (nSPS) is 19.2. The lowest BCUT2D eigenvalue weighted by Gasteiger charge is -2.16. The Hall–Kier alpha value is -3.92. The molecule has 2 aliphatic rings. The number of cyclic esters (lactones) is 1. The van der Waals surface area contributed by atoms with Crippen molar-refractivity contribution in [3.8, 4) is 6.07 Å². The zero-order valence-corrected chi connectivity index (χ0v) is 17.8. The minimum atomic E-state index is -0.460. The van der Waals surface area contributed by atoms with Crippen molar-refractivity contribution < 1.29 is 19.1 Å². The highest BCUT2D eigenvalue weighted by Gasteiger charge is 2.33. The number of nitriles is 1. The van der Waals surface area contributed by atoms with Crippen molar-refractivity contribution in [2.45, 2.75) is 32.3 Å². The average Bonchev–Trinajstić information content (AvgIpc) is 3.09. The number of fused-ring (bicyclic) bond motifs is 1. The molecule has 0 radical (unpaired) electrons. The highest BCUT2D eigenvalue weighted by Crippen LogP contribution is 2.30. The highest BCUT2D eigenvalue weighted by atomic mass is 16.6. The van der Waals surface area contributed by atoms with Gasteiger partial charge in [-0.25, -0.2) is 4.79 Å². The van der Waals surface area contributed by atoms with E-state index in [1.807, 2.05) is 18.2 Å². The number of ether oxygens (including phenoxy) is 1. The zero-order chi connectivity index (χ0) is 22.7. The van der Waals surface area contributed by atoms with Crippen LogP contribution in [-0.4, -0.2) is 37.0 Å². The number of carbonyl (C=O) groups is 3. The molecule has 2 aromatic carbocycles. The number of hydrogen-bond donors (Lipinski definition) is 1. The van der Waals surface area contributed by atoms with Crippen LogP contribution in [0.4, 0.5) is 10.5 Å². The first kappa shape index (κ1) is 21.3. The third-order valence-electron chi connectivity index (χ3n) is 5.64. The van der Waals surface area contributed by atoms with Crippen LogP contribution in [0.3, 0.4) is 0 Å². The molecule has 0 saturated carbocycles. The number of nitrogens with zero attached hydrogens (tertiary/aromatic N) is 2. The summed E-state index contributed by atoms with van der Waals surface area (Å²) in [5, 5.41) is 11.8. The number of amides is 2. The van der Waals surface area contributed by atoms with E-state index >= 15 is 0 Å². The lowest BCUT2D eigenvalue weighted by atomic mass is 9.97. The second-order valence-corrected chi connectivity index (χ2v) is 7.98. The van der Waals surface area contributed by atoms with Gasteiger partial charge < -0.3 is 10.1 Å². The fourth-order valence-electron chi connectivity index (χ4n) is 4.07. The van der Waals surface area contributed by atoms with Gasteiger partial charge >= 0.3 is 6.09 Å². The summed E-state index contributed by atoms with van der Waals surface area (Å²) in [6, 6.07) is 14.7. The maximum absolute atomic E-state index is 13.2. The van der Waals surface area contributed by atoms with Crippen LogP contribution >= 0.6 is 0 Å². The number of Topliss-reactive ketones (excluding diaryl/α,β-unsaturated/α-hetero) is 1. The monoisotopic (exact) mass is 429 g/mol. The summed E-state index contributed by atoms with van der Waals surface area (Å²) in [5.74, 6) is -0.204. The summed E-state index contributed by atoms with van der Waals surface area (Å²) in [5.41, 5.74) is 4.32. The van der Waals surface area contributed by atoms with Crippen LogP contribution in [0.5, 0.6) is 0 Å². The molecule has 1 aliphatic heterocycles. The van der Waals surface area contributed by atoms with Gasteiger partial charge in [-0.3, -0.25) is 14.5 Å². The molecule has 2 aromatic rings. The quantitative estimate of drug-likeness (QED) is 0.591. The molecule has 7 heteroatoms. The summed E-state index contributed by atoms with van der Waals surface area (Å²) >= 11 is 0. The van der Waals surface area contributed by atoms with Gasteiger partial charge in [-0.1, -0.05) is 12.1 Å². The third-order valence-corrected chi connectivity index (χ3v) is 5.64. The predicted molar refractivity (Wildman–Crippen MR) is 119 cm³/mol. The first-order chi connectivity index (χ1) is 15.4. The Balaban J connectivity index is 1.56. The average molecular weight is 429 g/mol. The van der Waals surface area contributed by atoms with Crippen molar-refractivity contribution in [3.63, 3.8) is 0 Å². The summed E-state index contributed by atoms with van der Waals surface area (Å²) < 4.78 is 5.34. The molecule has 32 heavy (non-hydrogen) atoms. The molecule has 4 rings (SSSR count). The number of benzene rings is 2. The molecule has 1 saturated heterocycles. The Morgan fingerprint density at radius 3 is 2.88 bits per heavy atom. The van der Waals surface area contributed by atoms with E-state index in [1.165, 1.54) is 11.8 Å². The van der Waals surface area contributed by atoms with Crippen molar-refractivity contribution >= 4 is 29.5 Å². The molecule has 1 heterocycles. The minimum Gasteiger partial charge on any atom is -0.442 e. The Morgan fingerprint density at radius 2 is 2.09 bits per heavy atom. The first-order valence-corrected chi connectivity index (χ1v) is 10.6. The minimum absolute atomic E-state index is 0.0288. The number of allylic oxidation sites excluding steroid dienone is 1. The second kappa shape index (κ2) is 9.06. The van der Waals surface area contributed by atoms with Crippen molar-refractivity contribution in [1.29, 1.82) is 5.26 Å². The Labute approximate surface area is 186 Å². The van der Waals surface area contributed by atoms with Crippen LogP contribution in [0.2, 0.25) is 0 Å². The Kier molecular flexibility index (Phi) is 6.04. The molecule has 7 nitrogen and oxygen atoms in total. The van der Waals surface area contributed by atoms with E-state index in [0.717, 1.165) is 24.0 Å². The van der Waals surface area contributed by atoms with E-state index in [-0.39, 0.29) is 18.2 Å². The largest absolute Gasteiger partial charge is 0.442 e. The van der Waals surface area contributed by atoms with Gasteiger partial charge in [0.25, 0.3) is 0 Å². The van der Waals surface area contributed by atoms with Crippen molar-refractivity contribution in [2.75, 3.05) is 18.0 Å².